The van der Waals surface area contributed by atoms with Crippen LogP contribution in [0.1, 0.15) is 45.7 Å². The Morgan fingerprint density at radius 2 is 0.885 bits per heavy atom. The maximum atomic E-state index is 5.17. The molecule has 0 saturated carbocycles. The van der Waals surface area contributed by atoms with Crippen LogP contribution in [0.25, 0.3) is 27.6 Å². The fourth-order valence-corrected chi connectivity index (χ4v) is 6.95. The molecule has 2 unspecified atom stereocenters. The molecule has 0 radical (unpaired) electrons. The number of aliphatic imine (C=N–C) groups is 3. The van der Waals surface area contributed by atoms with Crippen molar-refractivity contribution in [2.24, 2.45) is 15.0 Å². The third kappa shape index (κ3) is 6.21. The van der Waals surface area contributed by atoms with Gasteiger partial charge in [0.2, 0.25) is 0 Å². The van der Waals surface area contributed by atoms with E-state index in [1.165, 1.54) is 0 Å². The minimum atomic E-state index is -0.258. The van der Waals surface area contributed by atoms with E-state index in [0.717, 1.165) is 72.5 Å². The van der Waals surface area contributed by atoms with E-state index in [1.807, 2.05) is 48.5 Å². The minimum absolute atomic E-state index is 0.183. The Bertz CT molecular complexity index is 2490. The molecule has 0 aliphatic carbocycles. The van der Waals surface area contributed by atoms with Gasteiger partial charge in [-0.2, -0.15) is 0 Å². The Hall–Kier alpha value is -6.85. The normalized spacial score (nSPS) is 16.8. The third-order valence-corrected chi connectivity index (χ3v) is 9.60. The van der Waals surface area contributed by atoms with Crippen molar-refractivity contribution in [1.82, 2.24) is 10.6 Å². The molecule has 0 spiro atoms. The molecule has 0 fully saturated rings. The molecular formula is C47H35N5. The van der Waals surface area contributed by atoms with Crippen LogP contribution in [0, 0.1) is 0 Å². The van der Waals surface area contributed by atoms with Gasteiger partial charge in [-0.25, -0.2) is 9.98 Å². The van der Waals surface area contributed by atoms with Crippen molar-refractivity contribution in [2.75, 3.05) is 0 Å². The molecule has 52 heavy (non-hydrogen) atoms. The highest BCUT2D eigenvalue weighted by Gasteiger charge is 2.23. The highest BCUT2D eigenvalue weighted by molar-refractivity contribution is 6.19. The molecule has 2 atom stereocenters. The summed E-state index contributed by atoms with van der Waals surface area (Å²) in [6.45, 7) is 0. The lowest BCUT2D eigenvalue weighted by atomic mass is 9.93. The summed E-state index contributed by atoms with van der Waals surface area (Å²) in [6, 6.07) is 63.1. The zero-order chi connectivity index (χ0) is 34.7. The summed E-state index contributed by atoms with van der Waals surface area (Å²) < 4.78 is 0. The van der Waals surface area contributed by atoms with Gasteiger partial charge in [-0.3, -0.25) is 4.99 Å². The number of nitrogens with zero attached hydrogens (tertiary/aromatic N) is 3. The lowest BCUT2D eigenvalue weighted by Crippen LogP contribution is -2.33. The van der Waals surface area contributed by atoms with Gasteiger partial charge in [-0.15, -0.1) is 0 Å². The van der Waals surface area contributed by atoms with Crippen molar-refractivity contribution >= 4 is 33.9 Å². The first-order valence-electron chi connectivity index (χ1n) is 17.6. The average molecular weight is 670 g/mol. The van der Waals surface area contributed by atoms with Crippen LogP contribution in [0.2, 0.25) is 0 Å². The van der Waals surface area contributed by atoms with E-state index >= 15 is 0 Å². The molecule has 7 aromatic carbocycles. The van der Waals surface area contributed by atoms with Crippen LogP contribution in [0.3, 0.4) is 0 Å². The lowest BCUT2D eigenvalue weighted by molar-refractivity contribution is 0.664. The molecule has 2 heterocycles. The highest BCUT2D eigenvalue weighted by Crippen LogP contribution is 2.34. The Morgan fingerprint density at radius 3 is 1.52 bits per heavy atom. The van der Waals surface area contributed by atoms with Gasteiger partial charge in [0, 0.05) is 16.8 Å². The summed E-state index contributed by atoms with van der Waals surface area (Å²) in [6.07, 6.45) is 1.71. The van der Waals surface area contributed by atoms with Gasteiger partial charge in [0.25, 0.3) is 0 Å². The molecule has 9 rings (SSSR count). The van der Waals surface area contributed by atoms with E-state index in [-0.39, 0.29) is 12.3 Å². The van der Waals surface area contributed by atoms with E-state index < -0.39 is 0 Å². The minimum Gasteiger partial charge on any atom is -0.360 e. The summed E-state index contributed by atoms with van der Waals surface area (Å²) in [4.78, 5) is 15.4. The van der Waals surface area contributed by atoms with Crippen LogP contribution in [0.15, 0.2) is 203 Å². The molecule has 0 bridgehead atoms. The van der Waals surface area contributed by atoms with E-state index in [9.17, 15) is 0 Å². The van der Waals surface area contributed by atoms with Gasteiger partial charge in [-0.05, 0) is 56.3 Å². The van der Waals surface area contributed by atoms with Crippen molar-refractivity contribution in [3.05, 3.63) is 221 Å². The van der Waals surface area contributed by atoms with E-state index in [1.54, 1.807) is 0 Å². The molecule has 2 N–H and O–H groups in total. The van der Waals surface area contributed by atoms with Gasteiger partial charge in [0.05, 0.1) is 5.71 Å². The number of amidine groups is 2. The summed E-state index contributed by atoms with van der Waals surface area (Å²) in [5.74, 6) is 1.52. The average Bonchev–Trinajstić information content (AvgIpc) is 3.24. The van der Waals surface area contributed by atoms with Crippen molar-refractivity contribution in [1.29, 1.82) is 0 Å². The van der Waals surface area contributed by atoms with E-state index in [0.29, 0.717) is 5.84 Å². The molecule has 248 valence electrons. The largest absolute Gasteiger partial charge is 0.360 e. The van der Waals surface area contributed by atoms with Gasteiger partial charge < -0.3 is 10.6 Å². The quantitative estimate of drug-likeness (QED) is 0.177. The van der Waals surface area contributed by atoms with Crippen LogP contribution >= 0.6 is 0 Å². The topological polar surface area (TPSA) is 61.1 Å². The SMILES string of the molecule is C1=C(c2ccc(-c3ccc(C4=NC(c5ccccc5)NC(c5ccccc5)=N4)c4ccccc34)cc2)NC(c2ccccc2)N=C1c1ccccc1. The number of nitrogens with one attached hydrogen (secondary N) is 2. The second-order valence-corrected chi connectivity index (χ2v) is 12.9. The molecular weight excluding hydrogens is 635 g/mol. The number of allylic oxidation sites excluding steroid dienone is 1. The fourth-order valence-electron chi connectivity index (χ4n) is 6.95. The molecule has 0 aromatic heterocycles. The maximum Gasteiger partial charge on any atom is 0.160 e. The first-order chi connectivity index (χ1) is 25.8. The Labute approximate surface area is 303 Å². The Balaban J connectivity index is 1.08. The number of hydrogen-bond acceptors (Lipinski definition) is 5. The number of rotatable bonds is 7. The monoisotopic (exact) mass is 669 g/mol. The van der Waals surface area contributed by atoms with Crippen LogP contribution in [0.4, 0.5) is 0 Å². The van der Waals surface area contributed by atoms with Crippen LogP contribution in [-0.4, -0.2) is 17.4 Å². The maximum absolute atomic E-state index is 5.17. The summed E-state index contributed by atoms with van der Waals surface area (Å²) in [7, 11) is 0. The molecule has 7 aromatic rings. The van der Waals surface area contributed by atoms with Crippen molar-refractivity contribution in [2.45, 2.75) is 12.3 Å². The van der Waals surface area contributed by atoms with Crippen molar-refractivity contribution in [3.8, 4) is 11.1 Å². The van der Waals surface area contributed by atoms with Crippen LogP contribution in [0.5, 0.6) is 0 Å². The molecule has 5 heteroatoms. The Morgan fingerprint density at radius 1 is 0.385 bits per heavy atom. The smallest absolute Gasteiger partial charge is 0.160 e. The predicted molar refractivity (Wildman–Crippen MR) is 214 cm³/mol. The lowest BCUT2D eigenvalue weighted by Gasteiger charge is -2.25. The van der Waals surface area contributed by atoms with Gasteiger partial charge >= 0.3 is 0 Å². The molecule has 2 aliphatic rings. The number of benzene rings is 7. The summed E-state index contributed by atoms with van der Waals surface area (Å²) >= 11 is 0. The zero-order valence-corrected chi connectivity index (χ0v) is 28.4. The fraction of sp³-hybridized carbons (Fsp3) is 0.0426. The number of fused-ring (bicyclic) bond motifs is 1. The zero-order valence-electron chi connectivity index (χ0n) is 28.4. The summed E-state index contributed by atoms with van der Waals surface area (Å²) in [5.41, 5.74) is 10.7. The third-order valence-electron chi connectivity index (χ3n) is 9.60. The standard InChI is InChI=1S/C47H35N5/c1-5-15-33(16-6-1)42-31-43(49-44(48-42)35-17-7-2-8-18-35)34-27-25-32(26-28-34)38-29-30-41(40-24-14-13-23-39(38)40)47-51-45(36-19-9-3-10-20-36)50-46(52-47)37-21-11-4-12-22-37/h1-31,44-45,49H,(H,50,51,52). The molecule has 0 amide bonds. The van der Waals surface area contributed by atoms with Gasteiger partial charge in [0.1, 0.15) is 18.2 Å². The first-order valence-corrected chi connectivity index (χ1v) is 17.6. The van der Waals surface area contributed by atoms with Crippen molar-refractivity contribution in [3.63, 3.8) is 0 Å². The van der Waals surface area contributed by atoms with Crippen LogP contribution < -0.4 is 10.6 Å². The van der Waals surface area contributed by atoms with E-state index in [4.69, 9.17) is 15.0 Å². The van der Waals surface area contributed by atoms with Gasteiger partial charge in [-0.1, -0.05) is 176 Å². The predicted octanol–water partition coefficient (Wildman–Crippen LogP) is 10.1. The molecule has 5 nitrogen and oxygen atoms in total. The van der Waals surface area contributed by atoms with Gasteiger partial charge in [0.15, 0.2) is 5.84 Å². The first kappa shape index (κ1) is 31.2. The summed E-state index contributed by atoms with van der Waals surface area (Å²) in [5, 5.41) is 9.53. The van der Waals surface area contributed by atoms with E-state index in [2.05, 4.69) is 150 Å². The van der Waals surface area contributed by atoms with Crippen LogP contribution in [-0.2, 0) is 0 Å². The Kier molecular flexibility index (Phi) is 8.27. The second-order valence-electron chi connectivity index (χ2n) is 12.9. The molecule has 0 saturated heterocycles. The molecule has 2 aliphatic heterocycles. The number of hydrogen-bond donors (Lipinski definition) is 2. The second kappa shape index (κ2) is 13.8. The van der Waals surface area contributed by atoms with Crippen molar-refractivity contribution < 1.29 is 0 Å². The highest BCUT2D eigenvalue weighted by atomic mass is 15.2.